The predicted molar refractivity (Wildman–Crippen MR) is 74.1 cm³/mol. The number of ketones is 1. The van der Waals surface area contributed by atoms with Gasteiger partial charge in [-0.3, -0.25) is 4.79 Å². The number of halogens is 2. The molecular formula is C16H12ClFO. The summed E-state index contributed by atoms with van der Waals surface area (Å²) < 4.78 is 13.2. The summed E-state index contributed by atoms with van der Waals surface area (Å²) in [6.45, 7) is 0. The second kappa shape index (κ2) is 4.78. The molecule has 0 atom stereocenters. The van der Waals surface area contributed by atoms with Crippen molar-refractivity contribution in [3.63, 3.8) is 0 Å². The Bertz CT molecular complexity index is 664. The summed E-state index contributed by atoms with van der Waals surface area (Å²) in [6, 6.07) is 10.4. The zero-order chi connectivity index (χ0) is 13.4. The Hall–Kier alpha value is -1.67. The van der Waals surface area contributed by atoms with E-state index in [0.29, 0.717) is 6.42 Å². The quantitative estimate of drug-likeness (QED) is 0.739. The van der Waals surface area contributed by atoms with Gasteiger partial charge in [0.1, 0.15) is 5.82 Å². The van der Waals surface area contributed by atoms with Crippen molar-refractivity contribution >= 4 is 17.4 Å². The van der Waals surface area contributed by atoms with Crippen molar-refractivity contribution in [1.82, 2.24) is 0 Å². The van der Waals surface area contributed by atoms with Crippen molar-refractivity contribution < 1.29 is 9.18 Å². The van der Waals surface area contributed by atoms with Gasteiger partial charge >= 0.3 is 0 Å². The third-order valence-corrected chi connectivity index (χ3v) is 3.80. The molecule has 1 aliphatic rings. The number of carbonyl (C=O) groups excluding carboxylic acids is 1. The minimum atomic E-state index is -0.431. The van der Waals surface area contributed by atoms with E-state index in [2.05, 4.69) is 0 Å². The molecule has 0 unspecified atom stereocenters. The van der Waals surface area contributed by atoms with Gasteiger partial charge in [0, 0.05) is 12.0 Å². The molecule has 0 bridgehead atoms. The molecule has 0 aromatic heterocycles. The SMILES string of the molecule is O=C1CCCc2ccc(-c3ccc(F)c(Cl)c3)cc21. The number of Topliss-reactive ketones (excluding diaryl/α,β-unsaturated/α-hetero) is 1. The first kappa shape index (κ1) is 12.4. The van der Waals surface area contributed by atoms with E-state index in [-0.39, 0.29) is 10.8 Å². The van der Waals surface area contributed by atoms with Crippen LogP contribution in [0.2, 0.25) is 5.02 Å². The van der Waals surface area contributed by atoms with Gasteiger partial charge in [-0.1, -0.05) is 29.8 Å². The Morgan fingerprint density at radius 3 is 2.53 bits per heavy atom. The zero-order valence-electron chi connectivity index (χ0n) is 10.2. The lowest BCUT2D eigenvalue weighted by atomic mass is 9.88. The number of hydrogen-bond acceptors (Lipinski definition) is 1. The predicted octanol–water partition coefficient (Wildman–Crippen LogP) is 4.67. The van der Waals surface area contributed by atoms with Gasteiger partial charge < -0.3 is 0 Å². The number of fused-ring (bicyclic) bond motifs is 1. The fourth-order valence-electron chi connectivity index (χ4n) is 2.48. The number of carbonyl (C=O) groups is 1. The highest BCUT2D eigenvalue weighted by atomic mass is 35.5. The molecule has 2 aromatic rings. The van der Waals surface area contributed by atoms with Gasteiger partial charge in [0.15, 0.2) is 5.78 Å². The largest absolute Gasteiger partial charge is 0.294 e. The third-order valence-electron chi connectivity index (χ3n) is 3.51. The Morgan fingerprint density at radius 1 is 1.00 bits per heavy atom. The molecule has 0 radical (unpaired) electrons. The number of aryl methyl sites for hydroxylation is 1. The molecule has 0 amide bonds. The summed E-state index contributed by atoms with van der Waals surface area (Å²) in [5.74, 6) is -0.240. The van der Waals surface area contributed by atoms with Crippen molar-refractivity contribution in [2.45, 2.75) is 19.3 Å². The van der Waals surface area contributed by atoms with Crippen LogP contribution in [0.5, 0.6) is 0 Å². The molecule has 0 saturated carbocycles. The van der Waals surface area contributed by atoms with Crippen LogP contribution in [0.1, 0.15) is 28.8 Å². The first-order valence-electron chi connectivity index (χ1n) is 6.27. The van der Waals surface area contributed by atoms with E-state index in [1.807, 2.05) is 18.2 Å². The fraction of sp³-hybridized carbons (Fsp3) is 0.188. The van der Waals surface area contributed by atoms with Gasteiger partial charge in [-0.25, -0.2) is 4.39 Å². The van der Waals surface area contributed by atoms with E-state index in [9.17, 15) is 9.18 Å². The third kappa shape index (κ3) is 2.28. The molecule has 1 nitrogen and oxygen atoms in total. The van der Waals surface area contributed by atoms with Crippen LogP contribution < -0.4 is 0 Å². The summed E-state index contributed by atoms with van der Waals surface area (Å²) in [5.41, 5.74) is 3.63. The van der Waals surface area contributed by atoms with Gasteiger partial charge in [0.2, 0.25) is 0 Å². The maximum atomic E-state index is 13.2. The van der Waals surface area contributed by atoms with Crippen molar-refractivity contribution in [3.05, 3.63) is 58.4 Å². The lowest BCUT2D eigenvalue weighted by Gasteiger charge is -2.15. The van der Waals surface area contributed by atoms with Crippen molar-refractivity contribution in [2.24, 2.45) is 0 Å². The number of benzene rings is 2. The molecule has 96 valence electrons. The van der Waals surface area contributed by atoms with Gasteiger partial charge in [-0.15, -0.1) is 0 Å². The molecule has 1 aliphatic carbocycles. The Labute approximate surface area is 116 Å². The van der Waals surface area contributed by atoms with E-state index in [0.717, 1.165) is 35.1 Å². The average Bonchev–Trinajstić information content (AvgIpc) is 2.42. The maximum Gasteiger partial charge on any atom is 0.163 e. The average molecular weight is 275 g/mol. The molecule has 0 fully saturated rings. The second-order valence-corrected chi connectivity index (χ2v) is 5.18. The van der Waals surface area contributed by atoms with Gasteiger partial charge in [-0.05, 0) is 47.7 Å². The van der Waals surface area contributed by atoms with E-state index < -0.39 is 5.82 Å². The highest BCUT2D eigenvalue weighted by molar-refractivity contribution is 6.31. The van der Waals surface area contributed by atoms with E-state index in [1.54, 1.807) is 12.1 Å². The summed E-state index contributed by atoms with van der Waals surface area (Å²) in [7, 11) is 0. The molecule has 0 aliphatic heterocycles. The monoisotopic (exact) mass is 274 g/mol. The van der Waals surface area contributed by atoms with Crippen LogP contribution >= 0.6 is 11.6 Å². The first-order valence-corrected chi connectivity index (χ1v) is 6.64. The summed E-state index contributed by atoms with van der Waals surface area (Å²) in [6.07, 6.45) is 2.49. The number of hydrogen-bond donors (Lipinski definition) is 0. The molecule has 2 aromatic carbocycles. The second-order valence-electron chi connectivity index (χ2n) is 4.78. The molecule has 19 heavy (non-hydrogen) atoms. The number of rotatable bonds is 1. The molecule has 3 heteroatoms. The molecular weight excluding hydrogens is 263 g/mol. The minimum absolute atomic E-state index is 0.0987. The lowest BCUT2D eigenvalue weighted by Crippen LogP contribution is -2.10. The maximum absolute atomic E-state index is 13.2. The van der Waals surface area contributed by atoms with E-state index in [1.165, 1.54) is 6.07 Å². The van der Waals surface area contributed by atoms with Crippen LogP contribution in [0.4, 0.5) is 4.39 Å². The van der Waals surface area contributed by atoms with E-state index in [4.69, 9.17) is 11.6 Å². The molecule has 0 heterocycles. The molecule has 0 N–H and O–H groups in total. The van der Waals surface area contributed by atoms with E-state index >= 15 is 0 Å². The zero-order valence-corrected chi connectivity index (χ0v) is 11.0. The Morgan fingerprint density at radius 2 is 1.74 bits per heavy atom. The summed E-state index contributed by atoms with van der Waals surface area (Å²) in [4.78, 5) is 11.9. The highest BCUT2D eigenvalue weighted by Crippen LogP contribution is 2.29. The van der Waals surface area contributed by atoms with Crippen LogP contribution in [0, 0.1) is 5.82 Å². The lowest BCUT2D eigenvalue weighted by molar-refractivity contribution is 0.0972. The Balaban J connectivity index is 2.08. The summed E-state index contributed by atoms with van der Waals surface area (Å²) >= 11 is 5.79. The van der Waals surface area contributed by atoms with Crippen LogP contribution in [0.25, 0.3) is 11.1 Å². The van der Waals surface area contributed by atoms with Crippen molar-refractivity contribution in [1.29, 1.82) is 0 Å². The van der Waals surface area contributed by atoms with Crippen LogP contribution in [-0.2, 0) is 6.42 Å². The van der Waals surface area contributed by atoms with Gasteiger partial charge in [0.05, 0.1) is 5.02 Å². The Kier molecular flexibility index (Phi) is 3.11. The topological polar surface area (TPSA) is 17.1 Å². The molecule has 3 rings (SSSR count). The molecule has 0 saturated heterocycles. The fourth-order valence-corrected chi connectivity index (χ4v) is 2.66. The normalized spacial score (nSPS) is 14.3. The van der Waals surface area contributed by atoms with Crippen LogP contribution in [0.3, 0.4) is 0 Å². The van der Waals surface area contributed by atoms with Crippen LogP contribution in [0.15, 0.2) is 36.4 Å². The highest BCUT2D eigenvalue weighted by Gasteiger charge is 2.17. The first-order chi connectivity index (χ1) is 9.15. The van der Waals surface area contributed by atoms with Crippen molar-refractivity contribution in [2.75, 3.05) is 0 Å². The van der Waals surface area contributed by atoms with Crippen molar-refractivity contribution in [3.8, 4) is 11.1 Å². The molecule has 0 spiro atoms. The summed E-state index contributed by atoms with van der Waals surface area (Å²) in [5, 5.41) is 0.0987. The van der Waals surface area contributed by atoms with Gasteiger partial charge in [0.25, 0.3) is 0 Å². The van der Waals surface area contributed by atoms with Crippen LogP contribution in [-0.4, -0.2) is 5.78 Å². The van der Waals surface area contributed by atoms with Gasteiger partial charge in [-0.2, -0.15) is 0 Å². The standard InChI is InChI=1S/C16H12ClFO/c17-14-9-12(6-7-15(14)18)11-5-4-10-2-1-3-16(19)13(10)8-11/h4-9H,1-3H2. The minimum Gasteiger partial charge on any atom is -0.294 e. The smallest absolute Gasteiger partial charge is 0.163 e.